The van der Waals surface area contributed by atoms with E-state index in [0.717, 1.165) is 42.8 Å². The second kappa shape index (κ2) is 9.87. The molecule has 1 N–H and O–H groups in total. The molecule has 2 aliphatic heterocycles. The molecular formula is C29H35N5OS. The van der Waals surface area contributed by atoms with Crippen LogP contribution in [-0.2, 0) is 4.74 Å². The average Bonchev–Trinajstić information content (AvgIpc) is 3.63. The topological polar surface area (TPSA) is 45.6 Å². The lowest BCUT2D eigenvalue weighted by Crippen LogP contribution is -2.36. The third-order valence-electron chi connectivity index (χ3n) is 8.13. The lowest BCUT2D eigenvalue weighted by atomic mass is 9.96. The summed E-state index contributed by atoms with van der Waals surface area (Å²) in [5, 5.41) is 4.38. The molecule has 6 rings (SSSR count). The van der Waals surface area contributed by atoms with Crippen molar-refractivity contribution < 1.29 is 4.74 Å². The molecule has 3 fully saturated rings. The van der Waals surface area contributed by atoms with Gasteiger partial charge in [0.2, 0.25) is 0 Å². The van der Waals surface area contributed by atoms with Gasteiger partial charge in [-0.25, -0.2) is 0 Å². The molecule has 0 bridgehead atoms. The number of anilines is 2. The van der Waals surface area contributed by atoms with Crippen LogP contribution in [0.4, 0.5) is 11.4 Å². The Morgan fingerprint density at radius 1 is 0.972 bits per heavy atom. The number of ether oxygens (including phenoxy) is 1. The van der Waals surface area contributed by atoms with E-state index in [-0.39, 0.29) is 12.1 Å². The zero-order valence-corrected chi connectivity index (χ0v) is 22.0. The highest BCUT2D eigenvalue weighted by Crippen LogP contribution is 2.45. The minimum absolute atomic E-state index is 0.0184. The van der Waals surface area contributed by atoms with E-state index < -0.39 is 0 Å². The van der Waals surface area contributed by atoms with Crippen LogP contribution in [0.25, 0.3) is 0 Å². The van der Waals surface area contributed by atoms with Crippen molar-refractivity contribution in [1.82, 2.24) is 14.9 Å². The van der Waals surface area contributed by atoms with E-state index in [0.29, 0.717) is 6.04 Å². The number of hydrogen-bond acceptors (Lipinski definition) is 4. The molecule has 188 valence electrons. The van der Waals surface area contributed by atoms with Crippen molar-refractivity contribution in [2.24, 2.45) is 0 Å². The van der Waals surface area contributed by atoms with Crippen LogP contribution in [0.5, 0.6) is 0 Å². The summed E-state index contributed by atoms with van der Waals surface area (Å²) in [5.74, 6) is 0. The van der Waals surface area contributed by atoms with Crippen LogP contribution in [0.15, 0.2) is 54.7 Å². The summed E-state index contributed by atoms with van der Waals surface area (Å²) >= 11 is 5.98. The molecule has 6 nitrogen and oxygen atoms in total. The molecule has 36 heavy (non-hydrogen) atoms. The summed E-state index contributed by atoms with van der Waals surface area (Å²) in [6.07, 6.45) is 7.06. The van der Waals surface area contributed by atoms with Gasteiger partial charge in [-0.05, 0) is 86.9 Å². The smallest absolute Gasteiger partial charge is 0.174 e. The van der Waals surface area contributed by atoms with Crippen molar-refractivity contribution >= 4 is 28.7 Å². The predicted molar refractivity (Wildman–Crippen MR) is 149 cm³/mol. The van der Waals surface area contributed by atoms with Crippen LogP contribution in [0.1, 0.15) is 66.5 Å². The molecule has 0 amide bonds. The van der Waals surface area contributed by atoms with E-state index in [4.69, 9.17) is 21.9 Å². The van der Waals surface area contributed by atoms with E-state index in [1.807, 2.05) is 12.3 Å². The Labute approximate surface area is 219 Å². The number of hydrogen-bond donors (Lipinski definition) is 1. The molecule has 1 saturated carbocycles. The van der Waals surface area contributed by atoms with E-state index in [2.05, 4.69) is 76.0 Å². The van der Waals surface area contributed by atoms with E-state index in [1.165, 1.54) is 48.3 Å². The minimum Gasteiger partial charge on any atom is -0.378 e. The number of benzene rings is 1. The highest BCUT2D eigenvalue weighted by Gasteiger charge is 2.42. The number of thiocarbonyl (C=S) groups is 1. The number of aryl methyl sites for hydroxylation is 1. The second-order valence-electron chi connectivity index (χ2n) is 10.2. The van der Waals surface area contributed by atoms with Crippen molar-refractivity contribution in [2.45, 2.75) is 57.7 Å². The Hall–Kier alpha value is -2.90. The first-order valence-electron chi connectivity index (χ1n) is 13.2. The summed E-state index contributed by atoms with van der Waals surface area (Å²) in [6, 6.07) is 18.0. The summed E-state index contributed by atoms with van der Waals surface area (Å²) in [5.41, 5.74) is 7.39. The number of morpholine rings is 1. The second-order valence-corrected chi connectivity index (χ2v) is 10.6. The highest BCUT2D eigenvalue weighted by atomic mass is 32.1. The fourth-order valence-electron chi connectivity index (χ4n) is 6.42. The molecule has 7 heteroatoms. The van der Waals surface area contributed by atoms with Gasteiger partial charge in [-0.2, -0.15) is 0 Å². The van der Waals surface area contributed by atoms with E-state index in [9.17, 15) is 0 Å². The number of nitrogens with zero attached hydrogens (tertiary/aromatic N) is 4. The van der Waals surface area contributed by atoms with E-state index in [1.54, 1.807) is 0 Å². The lowest BCUT2D eigenvalue weighted by molar-refractivity contribution is 0.122. The Balaban J connectivity index is 1.40. The SMILES string of the molecule is Cc1cc([C@@H]2[C@@H](c3ccccn3)NC(=S)N2c2ccc(N3CCOCC3)cc2)c(C)n1C1CCCC1. The van der Waals surface area contributed by atoms with Crippen molar-refractivity contribution in [2.75, 3.05) is 36.1 Å². The average molecular weight is 502 g/mol. The summed E-state index contributed by atoms with van der Waals surface area (Å²) in [4.78, 5) is 9.43. The molecule has 4 heterocycles. The van der Waals surface area contributed by atoms with Gasteiger partial charge >= 0.3 is 0 Å². The quantitative estimate of drug-likeness (QED) is 0.457. The van der Waals surface area contributed by atoms with Crippen molar-refractivity contribution in [1.29, 1.82) is 0 Å². The molecule has 0 unspecified atom stereocenters. The van der Waals surface area contributed by atoms with Gasteiger partial charge in [0, 0.05) is 48.1 Å². The third-order valence-corrected chi connectivity index (χ3v) is 8.45. The predicted octanol–water partition coefficient (Wildman–Crippen LogP) is 5.63. The maximum Gasteiger partial charge on any atom is 0.174 e. The molecule has 2 aromatic heterocycles. The Morgan fingerprint density at radius 2 is 1.69 bits per heavy atom. The fraction of sp³-hybridized carbons (Fsp3) is 0.448. The molecule has 3 aliphatic rings. The van der Waals surface area contributed by atoms with Crippen molar-refractivity contribution in [3.63, 3.8) is 0 Å². The highest BCUT2D eigenvalue weighted by molar-refractivity contribution is 7.80. The summed E-state index contributed by atoms with van der Waals surface area (Å²) < 4.78 is 8.12. The largest absolute Gasteiger partial charge is 0.378 e. The minimum atomic E-state index is -0.0184. The number of rotatable bonds is 5. The third kappa shape index (κ3) is 4.18. The first kappa shape index (κ1) is 23.5. The number of nitrogens with one attached hydrogen (secondary N) is 1. The van der Waals surface area contributed by atoms with Gasteiger partial charge < -0.3 is 24.4 Å². The summed E-state index contributed by atoms with van der Waals surface area (Å²) in [6.45, 7) is 7.98. The molecule has 2 atom stereocenters. The van der Waals surface area contributed by atoms with Gasteiger partial charge in [-0.3, -0.25) is 4.98 Å². The van der Waals surface area contributed by atoms with Crippen LogP contribution in [0.2, 0.25) is 0 Å². The van der Waals surface area contributed by atoms with Crippen molar-refractivity contribution in [3.8, 4) is 0 Å². The number of pyridine rings is 1. The monoisotopic (exact) mass is 501 g/mol. The Morgan fingerprint density at radius 3 is 2.39 bits per heavy atom. The Bertz CT molecular complexity index is 1210. The Kier molecular flexibility index (Phi) is 6.44. The van der Waals surface area contributed by atoms with Crippen LogP contribution >= 0.6 is 12.2 Å². The molecule has 3 aromatic rings. The first-order chi connectivity index (χ1) is 17.6. The molecule has 2 saturated heterocycles. The van der Waals surface area contributed by atoms with Gasteiger partial charge in [-0.1, -0.05) is 18.9 Å². The van der Waals surface area contributed by atoms with Crippen LogP contribution < -0.4 is 15.1 Å². The molecule has 1 aliphatic carbocycles. The van der Waals surface area contributed by atoms with Gasteiger partial charge in [0.25, 0.3) is 0 Å². The molecule has 0 radical (unpaired) electrons. The summed E-state index contributed by atoms with van der Waals surface area (Å²) in [7, 11) is 0. The van der Waals surface area contributed by atoms with Crippen LogP contribution in [-0.4, -0.2) is 41.0 Å². The van der Waals surface area contributed by atoms with Gasteiger partial charge in [0.05, 0.1) is 31.0 Å². The van der Waals surface area contributed by atoms with Gasteiger partial charge in [0.15, 0.2) is 5.11 Å². The van der Waals surface area contributed by atoms with Gasteiger partial charge in [-0.15, -0.1) is 0 Å². The maximum atomic E-state index is 5.98. The van der Waals surface area contributed by atoms with E-state index >= 15 is 0 Å². The normalized spacial score (nSPS) is 22.9. The van der Waals surface area contributed by atoms with Crippen LogP contribution in [0, 0.1) is 13.8 Å². The molecule has 0 spiro atoms. The molecular weight excluding hydrogens is 466 g/mol. The van der Waals surface area contributed by atoms with Crippen LogP contribution in [0.3, 0.4) is 0 Å². The maximum absolute atomic E-state index is 5.98. The zero-order valence-electron chi connectivity index (χ0n) is 21.2. The lowest BCUT2D eigenvalue weighted by Gasteiger charge is -2.31. The van der Waals surface area contributed by atoms with Gasteiger partial charge in [0.1, 0.15) is 0 Å². The first-order valence-corrected chi connectivity index (χ1v) is 13.6. The zero-order chi connectivity index (χ0) is 24.6. The number of aromatic nitrogens is 2. The molecule has 1 aromatic carbocycles. The fourth-order valence-corrected chi connectivity index (χ4v) is 6.77. The van der Waals surface area contributed by atoms with Crippen molar-refractivity contribution in [3.05, 3.63) is 77.4 Å². The standard InChI is InChI=1S/C29H35N5OS/c1-20-19-25(21(2)33(20)23-7-3-4-8-23)28-27(26-9-5-6-14-30-26)31-29(36)34(28)24-12-10-22(11-13-24)32-15-17-35-18-16-32/h5-6,9-14,19,23,27-28H,3-4,7-8,15-18H2,1-2H3,(H,31,36)/t27-,28-/m1/s1.